The first kappa shape index (κ1) is 4.35. The summed E-state index contributed by atoms with van der Waals surface area (Å²) < 4.78 is 0. The fourth-order valence-electron chi connectivity index (χ4n) is 1.13. The van der Waals surface area contributed by atoms with E-state index >= 15 is 0 Å². The second-order valence-corrected chi connectivity index (χ2v) is 2.16. The standard InChI is InChI=1S/C5H9N3/c1-4-2-7-8-5(4)3-6-1/h6-8H,1-3H2. The van der Waals surface area contributed by atoms with Crippen LogP contribution in [0.25, 0.3) is 0 Å². The van der Waals surface area contributed by atoms with Crippen molar-refractivity contribution < 1.29 is 0 Å². The number of rotatable bonds is 0. The molecule has 3 N–H and O–H groups in total. The van der Waals surface area contributed by atoms with Gasteiger partial charge in [0, 0.05) is 25.3 Å². The maximum atomic E-state index is 3.25. The van der Waals surface area contributed by atoms with Gasteiger partial charge in [-0.25, -0.2) is 5.43 Å². The minimum atomic E-state index is 1.02. The molecule has 0 atom stereocenters. The lowest BCUT2D eigenvalue weighted by atomic mass is 10.3. The van der Waals surface area contributed by atoms with Crippen LogP contribution in [0.1, 0.15) is 0 Å². The number of nitrogens with one attached hydrogen (secondary N) is 3. The predicted molar refractivity (Wildman–Crippen MR) is 31.0 cm³/mol. The van der Waals surface area contributed by atoms with Gasteiger partial charge in [0.2, 0.25) is 0 Å². The highest BCUT2D eigenvalue weighted by molar-refractivity contribution is 5.25. The van der Waals surface area contributed by atoms with E-state index in [0.717, 1.165) is 19.6 Å². The Kier molecular flexibility index (Phi) is 0.797. The van der Waals surface area contributed by atoms with E-state index in [0.29, 0.717) is 0 Å². The smallest absolute Gasteiger partial charge is 0.0418 e. The minimum absolute atomic E-state index is 1.02. The van der Waals surface area contributed by atoms with Crippen molar-refractivity contribution >= 4 is 0 Å². The molecule has 0 spiro atoms. The van der Waals surface area contributed by atoms with E-state index in [1.165, 1.54) is 11.3 Å². The monoisotopic (exact) mass is 111 g/mol. The first-order valence-electron chi connectivity index (χ1n) is 2.87. The van der Waals surface area contributed by atoms with Crippen LogP contribution in [0.4, 0.5) is 0 Å². The Morgan fingerprint density at radius 2 is 2.12 bits per heavy atom. The summed E-state index contributed by atoms with van der Waals surface area (Å²) in [6, 6.07) is 0. The lowest BCUT2D eigenvalue weighted by Gasteiger charge is -1.99. The molecule has 3 heteroatoms. The van der Waals surface area contributed by atoms with Gasteiger partial charge in [-0.05, 0) is 5.57 Å². The third kappa shape index (κ3) is 0.454. The Hall–Kier alpha value is -0.540. The third-order valence-electron chi connectivity index (χ3n) is 1.61. The van der Waals surface area contributed by atoms with Crippen molar-refractivity contribution in [2.24, 2.45) is 0 Å². The Labute approximate surface area is 48.1 Å². The zero-order chi connectivity index (χ0) is 5.40. The fraction of sp³-hybridized carbons (Fsp3) is 0.600. The van der Waals surface area contributed by atoms with Gasteiger partial charge in [0.05, 0.1) is 0 Å². The minimum Gasteiger partial charge on any atom is -0.324 e. The van der Waals surface area contributed by atoms with Crippen molar-refractivity contribution in [3.63, 3.8) is 0 Å². The van der Waals surface area contributed by atoms with Crippen molar-refractivity contribution in [1.82, 2.24) is 16.2 Å². The summed E-state index contributed by atoms with van der Waals surface area (Å²) in [5.41, 5.74) is 8.99. The number of hydrogen-bond acceptors (Lipinski definition) is 3. The predicted octanol–water partition coefficient (Wildman–Crippen LogP) is -1.05. The zero-order valence-electron chi connectivity index (χ0n) is 4.62. The molecule has 8 heavy (non-hydrogen) atoms. The van der Waals surface area contributed by atoms with Crippen molar-refractivity contribution in [2.45, 2.75) is 0 Å². The summed E-state index contributed by atoms with van der Waals surface area (Å²) in [7, 11) is 0. The van der Waals surface area contributed by atoms with Crippen LogP contribution in [-0.2, 0) is 0 Å². The highest BCUT2D eigenvalue weighted by Gasteiger charge is 2.17. The van der Waals surface area contributed by atoms with Gasteiger partial charge >= 0.3 is 0 Å². The lowest BCUT2D eigenvalue weighted by molar-refractivity contribution is 0.650. The highest BCUT2D eigenvalue weighted by Crippen LogP contribution is 2.07. The zero-order valence-corrected chi connectivity index (χ0v) is 4.62. The quantitative estimate of drug-likeness (QED) is 0.373. The van der Waals surface area contributed by atoms with Gasteiger partial charge in [-0.3, -0.25) is 0 Å². The van der Waals surface area contributed by atoms with Crippen LogP contribution >= 0.6 is 0 Å². The average Bonchev–Trinajstić information content (AvgIpc) is 2.15. The molecule has 0 unspecified atom stereocenters. The van der Waals surface area contributed by atoms with Gasteiger partial charge in [-0.1, -0.05) is 0 Å². The molecule has 0 radical (unpaired) electrons. The molecule has 0 saturated carbocycles. The van der Waals surface area contributed by atoms with E-state index < -0.39 is 0 Å². The second kappa shape index (κ2) is 1.47. The summed E-state index contributed by atoms with van der Waals surface area (Å²) in [6.45, 7) is 3.10. The van der Waals surface area contributed by atoms with Gasteiger partial charge < -0.3 is 10.7 Å². The largest absolute Gasteiger partial charge is 0.324 e. The van der Waals surface area contributed by atoms with Gasteiger partial charge in [0.1, 0.15) is 0 Å². The first-order valence-corrected chi connectivity index (χ1v) is 2.87. The van der Waals surface area contributed by atoms with Gasteiger partial charge in [0.15, 0.2) is 0 Å². The molecule has 2 aliphatic rings. The Bertz CT molecular complexity index is 111. The van der Waals surface area contributed by atoms with E-state index in [4.69, 9.17) is 0 Å². The third-order valence-corrected chi connectivity index (χ3v) is 1.61. The molecule has 2 rings (SSSR count). The SMILES string of the molecule is C1NCC2=C1CNN2. The lowest BCUT2D eigenvalue weighted by Crippen LogP contribution is -2.29. The molecular weight excluding hydrogens is 102 g/mol. The fourth-order valence-corrected chi connectivity index (χ4v) is 1.13. The molecule has 0 fully saturated rings. The van der Waals surface area contributed by atoms with Crippen LogP contribution in [0.3, 0.4) is 0 Å². The molecule has 44 valence electrons. The molecule has 0 aromatic heterocycles. The van der Waals surface area contributed by atoms with Crippen LogP contribution in [-0.4, -0.2) is 19.6 Å². The molecule has 0 saturated heterocycles. The molecular formula is C5H9N3. The summed E-state index contributed by atoms with van der Waals surface area (Å²) >= 11 is 0. The van der Waals surface area contributed by atoms with Crippen molar-refractivity contribution in [3.05, 3.63) is 11.3 Å². The molecule has 0 aromatic rings. The van der Waals surface area contributed by atoms with E-state index in [1.807, 2.05) is 0 Å². The van der Waals surface area contributed by atoms with Crippen LogP contribution in [0.5, 0.6) is 0 Å². The van der Waals surface area contributed by atoms with Gasteiger partial charge in [0.25, 0.3) is 0 Å². The maximum Gasteiger partial charge on any atom is 0.0418 e. The summed E-state index contributed by atoms with van der Waals surface area (Å²) in [5, 5.41) is 3.25. The van der Waals surface area contributed by atoms with Crippen molar-refractivity contribution in [2.75, 3.05) is 19.6 Å². The molecule has 0 amide bonds. The second-order valence-electron chi connectivity index (χ2n) is 2.16. The van der Waals surface area contributed by atoms with E-state index in [1.54, 1.807) is 0 Å². The van der Waals surface area contributed by atoms with Crippen molar-refractivity contribution in [3.8, 4) is 0 Å². The molecule has 0 aromatic carbocycles. The van der Waals surface area contributed by atoms with Crippen LogP contribution in [0.15, 0.2) is 11.3 Å². The average molecular weight is 111 g/mol. The molecule has 3 nitrogen and oxygen atoms in total. The van der Waals surface area contributed by atoms with Crippen LogP contribution in [0.2, 0.25) is 0 Å². The number of hydrazine groups is 1. The summed E-state index contributed by atoms with van der Waals surface area (Å²) in [4.78, 5) is 0. The topological polar surface area (TPSA) is 36.1 Å². The van der Waals surface area contributed by atoms with Gasteiger partial charge in [-0.2, -0.15) is 0 Å². The first-order chi connectivity index (χ1) is 3.97. The van der Waals surface area contributed by atoms with Crippen LogP contribution < -0.4 is 16.2 Å². The number of hydrogen-bond donors (Lipinski definition) is 3. The van der Waals surface area contributed by atoms with Crippen molar-refractivity contribution in [1.29, 1.82) is 0 Å². The summed E-state index contributed by atoms with van der Waals surface area (Å²) in [5.74, 6) is 0. The summed E-state index contributed by atoms with van der Waals surface area (Å²) in [6.07, 6.45) is 0. The molecule has 0 bridgehead atoms. The van der Waals surface area contributed by atoms with Gasteiger partial charge in [-0.15, -0.1) is 0 Å². The van der Waals surface area contributed by atoms with E-state index in [9.17, 15) is 0 Å². The Balaban J connectivity index is 2.23. The van der Waals surface area contributed by atoms with E-state index in [2.05, 4.69) is 16.2 Å². The molecule has 2 heterocycles. The van der Waals surface area contributed by atoms with E-state index in [-0.39, 0.29) is 0 Å². The normalized spacial score (nSPS) is 26.0. The van der Waals surface area contributed by atoms with Crippen LogP contribution in [0, 0.1) is 0 Å². The molecule has 2 aliphatic heterocycles. The Morgan fingerprint density at radius 1 is 1.12 bits per heavy atom. The highest BCUT2D eigenvalue weighted by atomic mass is 15.4. The Morgan fingerprint density at radius 3 is 3.00 bits per heavy atom. The molecule has 0 aliphatic carbocycles. The maximum absolute atomic E-state index is 3.25.